The molecule has 33 heavy (non-hydrogen) atoms. The summed E-state index contributed by atoms with van der Waals surface area (Å²) in [7, 11) is 3.34. The van der Waals surface area contributed by atoms with E-state index in [4.69, 9.17) is 9.47 Å². The van der Waals surface area contributed by atoms with E-state index < -0.39 is 0 Å². The van der Waals surface area contributed by atoms with Gasteiger partial charge in [-0.3, -0.25) is 4.79 Å². The van der Waals surface area contributed by atoms with Crippen molar-refractivity contribution in [2.45, 2.75) is 40.7 Å². The van der Waals surface area contributed by atoms with Crippen molar-refractivity contribution >= 4 is 34.0 Å². The highest BCUT2D eigenvalue weighted by atomic mass is 32.1. The number of anilines is 2. The lowest BCUT2D eigenvalue weighted by Crippen LogP contribution is -2.30. The van der Waals surface area contributed by atoms with E-state index in [9.17, 15) is 4.79 Å². The van der Waals surface area contributed by atoms with E-state index in [-0.39, 0.29) is 11.9 Å². The summed E-state index contributed by atoms with van der Waals surface area (Å²) < 4.78 is 11.7. The van der Waals surface area contributed by atoms with Crippen molar-refractivity contribution in [3.05, 3.63) is 64.0 Å². The van der Waals surface area contributed by atoms with Crippen LogP contribution in [0.1, 0.15) is 37.5 Å². The molecule has 0 saturated carbocycles. The molecule has 0 fully saturated rings. The Bertz CT molecular complexity index is 1150. The van der Waals surface area contributed by atoms with E-state index in [0.717, 1.165) is 50.0 Å². The molecule has 3 aromatic rings. The van der Waals surface area contributed by atoms with E-state index in [1.54, 1.807) is 25.6 Å². The number of carbonyl (C=O) groups excluding carboxylic acids is 1. The van der Waals surface area contributed by atoms with E-state index in [2.05, 4.69) is 41.0 Å². The molecule has 6 heteroatoms. The minimum absolute atomic E-state index is 0.0692. The van der Waals surface area contributed by atoms with Crippen molar-refractivity contribution < 1.29 is 14.3 Å². The van der Waals surface area contributed by atoms with Crippen LogP contribution in [0.15, 0.2) is 47.4 Å². The van der Waals surface area contributed by atoms with Crippen LogP contribution in [0.4, 0.5) is 10.7 Å². The van der Waals surface area contributed by atoms with E-state index in [1.807, 2.05) is 52.1 Å². The topological polar surface area (TPSA) is 59.6 Å². The fraction of sp³-hybridized carbons (Fsp3) is 0.296. The predicted molar refractivity (Wildman–Crippen MR) is 139 cm³/mol. The second-order valence-electron chi connectivity index (χ2n) is 8.24. The normalized spacial score (nSPS) is 11.5. The summed E-state index contributed by atoms with van der Waals surface area (Å²) in [6, 6.07) is 12.4. The standard InChI is InChI=1S/C27H32N2O3S/c1-16(2)28-27(30)17(3)15-22-18(4)26(32-7)24(19(5)25(22)31-6)20-10-12-21(13-11-20)29-23-9-8-14-33-23/h8-16,29H,1-7H3,(H,28,30)/b17-15+. The van der Waals surface area contributed by atoms with Gasteiger partial charge in [-0.05, 0) is 75.9 Å². The third-order valence-corrected chi connectivity index (χ3v) is 6.23. The first-order chi connectivity index (χ1) is 15.8. The lowest BCUT2D eigenvalue weighted by atomic mass is 9.91. The maximum atomic E-state index is 12.5. The number of hydrogen-bond donors (Lipinski definition) is 2. The molecule has 0 aliphatic carbocycles. The van der Waals surface area contributed by atoms with Crippen LogP contribution in [0.5, 0.6) is 11.5 Å². The number of rotatable bonds is 8. The van der Waals surface area contributed by atoms with E-state index in [0.29, 0.717) is 5.57 Å². The highest BCUT2D eigenvalue weighted by Crippen LogP contribution is 2.45. The Hall–Kier alpha value is -3.25. The molecular weight excluding hydrogens is 432 g/mol. The number of amides is 1. The largest absolute Gasteiger partial charge is 0.496 e. The maximum absolute atomic E-state index is 12.5. The van der Waals surface area contributed by atoms with Crippen LogP contribution in [-0.2, 0) is 4.79 Å². The van der Waals surface area contributed by atoms with E-state index >= 15 is 0 Å². The second kappa shape index (κ2) is 10.6. The average Bonchev–Trinajstić information content (AvgIpc) is 3.29. The van der Waals surface area contributed by atoms with Gasteiger partial charge in [0, 0.05) is 39.6 Å². The molecule has 1 amide bonds. The van der Waals surface area contributed by atoms with Crippen molar-refractivity contribution in [1.29, 1.82) is 0 Å². The number of hydrogen-bond acceptors (Lipinski definition) is 5. The van der Waals surface area contributed by atoms with Crippen LogP contribution >= 0.6 is 11.3 Å². The van der Waals surface area contributed by atoms with Gasteiger partial charge in [0.1, 0.15) is 11.5 Å². The first-order valence-electron chi connectivity index (χ1n) is 10.9. The summed E-state index contributed by atoms with van der Waals surface area (Å²) in [6.07, 6.45) is 1.87. The van der Waals surface area contributed by atoms with Crippen molar-refractivity contribution in [3.8, 4) is 22.6 Å². The lowest BCUT2D eigenvalue weighted by Gasteiger charge is -2.21. The van der Waals surface area contributed by atoms with Gasteiger partial charge in [0.15, 0.2) is 0 Å². The van der Waals surface area contributed by atoms with Crippen molar-refractivity contribution in [2.24, 2.45) is 0 Å². The number of thiophene rings is 1. The van der Waals surface area contributed by atoms with Crippen LogP contribution in [-0.4, -0.2) is 26.2 Å². The molecule has 1 heterocycles. The van der Waals surface area contributed by atoms with E-state index in [1.165, 1.54) is 0 Å². The Morgan fingerprint density at radius 1 is 1.00 bits per heavy atom. The minimum Gasteiger partial charge on any atom is -0.496 e. The quantitative estimate of drug-likeness (QED) is 0.363. The zero-order valence-corrected chi connectivity index (χ0v) is 21.1. The van der Waals surface area contributed by atoms with Gasteiger partial charge in [-0.1, -0.05) is 12.1 Å². The first-order valence-corrected chi connectivity index (χ1v) is 11.8. The molecule has 0 bridgehead atoms. The first kappa shape index (κ1) is 24.4. The highest BCUT2D eigenvalue weighted by Gasteiger charge is 2.22. The van der Waals surface area contributed by atoms with Crippen LogP contribution in [0.25, 0.3) is 17.2 Å². The van der Waals surface area contributed by atoms with Crippen molar-refractivity contribution in [2.75, 3.05) is 19.5 Å². The third-order valence-electron chi connectivity index (χ3n) is 5.44. The van der Waals surface area contributed by atoms with Gasteiger partial charge >= 0.3 is 0 Å². The molecule has 174 valence electrons. The summed E-state index contributed by atoms with van der Waals surface area (Å²) in [5, 5.41) is 9.49. The Labute approximate surface area is 200 Å². The summed E-state index contributed by atoms with van der Waals surface area (Å²) in [4.78, 5) is 12.5. The Morgan fingerprint density at radius 2 is 1.67 bits per heavy atom. The monoisotopic (exact) mass is 464 g/mol. The van der Waals surface area contributed by atoms with Crippen molar-refractivity contribution in [1.82, 2.24) is 5.32 Å². The van der Waals surface area contributed by atoms with Crippen LogP contribution in [0, 0.1) is 13.8 Å². The Kier molecular flexibility index (Phi) is 7.82. The third kappa shape index (κ3) is 5.40. The van der Waals surface area contributed by atoms with Crippen molar-refractivity contribution in [3.63, 3.8) is 0 Å². The smallest absolute Gasteiger partial charge is 0.247 e. The molecule has 0 spiro atoms. The molecular formula is C27H32N2O3S. The number of nitrogens with one attached hydrogen (secondary N) is 2. The SMILES string of the molecule is COc1c(C)c(-c2ccc(Nc3cccs3)cc2)c(OC)c(C)c1/C=C(\C)C(=O)NC(C)C. The van der Waals surface area contributed by atoms with Gasteiger partial charge in [-0.25, -0.2) is 0 Å². The Morgan fingerprint density at radius 3 is 2.21 bits per heavy atom. The predicted octanol–water partition coefficient (Wildman–Crippen LogP) is 6.72. The molecule has 0 unspecified atom stereocenters. The molecule has 0 atom stereocenters. The van der Waals surface area contributed by atoms with Gasteiger partial charge in [0.2, 0.25) is 5.91 Å². The van der Waals surface area contributed by atoms with Crippen LogP contribution in [0.2, 0.25) is 0 Å². The molecule has 2 aromatic carbocycles. The Balaban J connectivity index is 2.07. The van der Waals surface area contributed by atoms with Crippen LogP contribution < -0.4 is 20.1 Å². The summed E-state index contributed by atoms with van der Waals surface area (Å²) >= 11 is 1.66. The molecule has 0 aliphatic heterocycles. The maximum Gasteiger partial charge on any atom is 0.247 e. The molecule has 0 saturated heterocycles. The number of carbonyl (C=O) groups is 1. The van der Waals surface area contributed by atoms with Gasteiger partial charge in [-0.15, -0.1) is 11.3 Å². The number of benzene rings is 2. The zero-order valence-electron chi connectivity index (χ0n) is 20.3. The summed E-state index contributed by atoms with van der Waals surface area (Å²) in [6.45, 7) is 9.72. The average molecular weight is 465 g/mol. The second-order valence-corrected chi connectivity index (χ2v) is 9.19. The van der Waals surface area contributed by atoms with Gasteiger partial charge in [-0.2, -0.15) is 0 Å². The molecule has 0 aliphatic rings. The minimum atomic E-state index is -0.0963. The van der Waals surface area contributed by atoms with Crippen LogP contribution in [0.3, 0.4) is 0 Å². The fourth-order valence-corrected chi connectivity index (χ4v) is 4.51. The molecule has 3 rings (SSSR count). The summed E-state index contributed by atoms with van der Waals surface area (Å²) in [5.41, 5.74) is 6.39. The zero-order chi connectivity index (χ0) is 24.1. The highest BCUT2D eigenvalue weighted by molar-refractivity contribution is 7.14. The fourth-order valence-electron chi connectivity index (χ4n) is 3.88. The number of ether oxygens (including phenoxy) is 2. The van der Waals surface area contributed by atoms with Gasteiger partial charge < -0.3 is 20.1 Å². The van der Waals surface area contributed by atoms with Gasteiger partial charge in [0.25, 0.3) is 0 Å². The molecule has 1 aromatic heterocycles. The summed E-state index contributed by atoms with van der Waals surface area (Å²) in [5.74, 6) is 1.41. The lowest BCUT2D eigenvalue weighted by molar-refractivity contribution is -0.117. The molecule has 2 N–H and O–H groups in total. The number of methoxy groups -OCH3 is 2. The van der Waals surface area contributed by atoms with Gasteiger partial charge in [0.05, 0.1) is 19.2 Å². The molecule has 0 radical (unpaired) electrons. The molecule has 5 nitrogen and oxygen atoms in total.